The van der Waals surface area contributed by atoms with Gasteiger partial charge in [0.25, 0.3) is 0 Å². The Morgan fingerprint density at radius 2 is 2.14 bits per heavy atom. The van der Waals surface area contributed by atoms with Crippen LogP contribution in [-0.2, 0) is 16.6 Å². The van der Waals surface area contributed by atoms with Gasteiger partial charge in [-0.3, -0.25) is 4.79 Å². The monoisotopic (exact) mass is 322 g/mol. The summed E-state index contributed by atoms with van der Waals surface area (Å²) in [7, 11) is 0. The summed E-state index contributed by atoms with van der Waals surface area (Å²) in [6, 6.07) is 8.76. The molecule has 2 aliphatic rings. The molecule has 1 heterocycles. The standard InChI is InChI=1S/C18H26N2O.ClH/c1-13-12-19-11-9-16(13)20-17(21)18(2)10-5-7-14-6-3-4-8-15(14)18;/h3-4,6,8,13,16,19H,5,7,9-12H2,1-2H3,(H,20,21);1H. The fourth-order valence-corrected chi connectivity index (χ4v) is 3.84. The summed E-state index contributed by atoms with van der Waals surface area (Å²) in [6.45, 7) is 6.33. The third-order valence-corrected chi connectivity index (χ3v) is 5.34. The van der Waals surface area contributed by atoms with E-state index in [-0.39, 0.29) is 23.7 Å². The average Bonchev–Trinajstić information content (AvgIpc) is 2.50. The van der Waals surface area contributed by atoms with Gasteiger partial charge in [-0.25, -0.2) is 0 Å². The number of rotatable bonds is 2. The van der Waals surface area contributed by atoms with E-state index in [1.807, 2.05) is 0 Å². The van der Waals surface area contributed by atoms with Gasteiger partial charge in [0.2, 0.25) is 5.91 Å². The highest BCUT2D eigenvalue weighted by atomic mass is 35.5. The summed E-state index contributed by atoms with van der Waals surface area (Å²) in [5, 5.41) is 6.73. The van der Waals surface area contributed by atoms with Crippen LogP contribution >= 0.6 is 12.4 Å². The van der Waals surface area contributed by atoms with E-state index in [4.69, 9.17) is 0 Å². The molecule has 1 aromatic carbocycles. The van der Waals surface area contributed by atoms with E-state index in [1.165, 1.54) is 11.1 Å². The van der Waals surface area contributed by atoms with Gasteiger partial charge in [0.1, 0.15) is 0 Å². The summed E-state index contributed by atoms with van der Waals surface area (Å²) in [4.78, 5) is 13.0. The lowest BCUT2D eigenvalue weighted by molar-refractivity contribution is -0.128. The Kier molecular flexibility index (Phi) is 5.51. The molecule has 3 nitrogen and oxygen atoms in total. The van der Waals surface area contributed by atoms with E-state index in [0.29, 0.717) is 12.0 Å². The Bertz CT molecular complexity index is 534. The maximum absolute atomic E-state index is 13.0. The molecule has 0 radical (unpaired) electrons. The molecule has 0 aromatic heterocycles. The van der Waals surface area contributed by atoms with E-state index in [0.717, 1.165) is 38.8 Å². The first-order valence-corrected chi connectivity index (χ1v) is 8.21. The van der Waals surface area contributed by atoms with Crippen molar-refractivity contribution in [3.05, 3.63) is 35.4 Å². The molecule has 1 aliphatic heterocycles. The van der Waals surface area contributed by atoms with Gasteiger partial charge in [-0.15, -0.1) is 12.4 Å². The fraction of sp³-hybridized carbons (Fsp3) is 0.611. The highest BCUT2D eigenvalue weighted by molar-refractivity contribution is 5.88. The van der Waals surface area contributed by atoms with E-state index in [2.05, 4.69) is 48.7 Å². The molecule has 22 heavy (non-hydrogen) atoms. The zero-order chi connectivity index (χ0) is 14.9. The molecular weight excluding hydrogens is 296 g/mol. The molecule has 1 aromatic rings. The minimum absolute atomic E-state index is 0. The zero-order valence-electron chi connectivity index (χ0n) is 13.5. The number of hydrogen-bond donors (Lipinski definition) is 2. The number of aryl methyl sites for hydroxylation is 1. The van der Waals surface area contributed by atoms with Gasteiger partial charge in [0.05, 0.1) is 5.41 Å². The van der Waals surface area contributed by atoms with E-state index in [1.54, 1.807) is 0 Å². The van der Waals surface area contributed by atoms with Gasteiger partial charge in [0, 0.05) is 6.04 Å². The lowest BCUT2D eigenvalue weighted by Crippen LogP contribution is -2.53. The van der Waals surface area contributed by atoms with Gasteiger partial charge in [-0.1, -0.05) is 31.2 Å². The lowest BCUT2D eigenvalue weighted by Gasteiger charge is -2.38. The van der Waals surface area contributed by atoms with E-state index < -0.39 is 0 Å². The number of amides is 1. The van der Waals surface area contributed by atoms with Crippen LogP contribution in [0.2, 0.25) is 0 Å². The highest BCUT2D eigenvalue weighted by Crippen LogP contribution is 2.37. The van der Waals surface area contributed by atoms with Crippen LogP contribution in [0, 0.1) is 5.92 Å². The van der Waals surface area contributed by atoms with Crippen LogP contribution < -0.4 is 10.6 Å². The van der Waals surface area contributed by atoms with Crippen molar-refractivity contribution < 1.29 is 4.79 Å². The number of hydrogen-bond acceptors (Lipinski definition) is 2. The van der Waals surface area contributed by atoms with Crippen LogP contribution in [0.5, 0.6) is 0 Å². The molecule has 1 aliphatic carbocycles. The largest absolute Gasteiger partial charge is 0.352 e. The normalized spacial score (nSPS) is 30.8. The second kappa shape index (κ2) is 7.01. The third-order valence-electron chi connectivity index (χ3n) is 5.34. The Morgan fingerprint density at radius 1 is 1.36 bits per heavy atom. The molecule has 1 fully saturated rings. The van der Waals surface area contributed by atoms with Gasteiger partial charge < -0.3 is 10.6 Å². The van der Waals surface area contributed by atoms with Gasteiger partial charge in [0.15, 0.2) is 0 Å². The molecule has 0 bridgehead atoms. The van der Waals surface area contributed by atoms with Crippen molar-refractivity contribution in [1.82, 2.24) is 10.6 Å². The van der Waals surface area contributed by atoms with Crippen LogP contribution in [0.1, 0.15) is 44.2 Å². The second-order valence-electron chi connectivity index (χ2n) is 6.89. The quantitative estimate of drug-likeness (QED) is 0.879. The van der Waals surface area contributed by atoms with E-state index in [9.17, 15) is 4.79 Å². The predicted octanol–water partition coefficient (Wildman–Crippen LogP) is 2.82. The van der Waals surface area contributed by atoms with E-state index >= 15 is 0 Å². The van der Waals surface area contributed by atoms with Crippen LogP contribution in [0.25, 0.3) is 0 Å². The zero-order valence-corrected chi connectivity index (χ0v) is 14.3. The summed E-state index contributed by atoms with van der Waals surface area (Å²) < 4.78 is 0. The summed E-state index contributed by atoms with van der Waals surface area (Å²) in [5.74, 6) is 0.721. The van der Waals surface area contributed by atoms with Crippen LogP contribution in [0.15, 0.2) is 24.3 Å². The van der Waals surface area contributed by atoms with Crippen molar-refractivity contribution in [2.75, 3.05) is 13.1 Å². The number of piperidine rings is 1. The Labute approximate surface area is 139 Å². The minimum atomic E-state index is -0.362. The Hall–Kier alpha value is -1.06. The molecule has 122 valence electrons. The fourth-order valence-electron chi connectivity index (χ4n) is 3.84. The number of carbonyl (C=O) groups is 1. The Balaban J connectivity index is 0.00000176. The highest BCUT2D eigenvalue weighted by Gasteiger charge is 2.40. The van der Waals surface area contributed by atoms with Crippen molar-refractivity contribution >= 4 is 18.3 Å². The molecule has 0 spiro atoms. The molecular formula is C18H27ClN2O. The first-order chi connectivity index (χ1) is 10.1. The third kappa shape index (κ3) is 3.16. The van der Waals surface area contributed by atoms with Crippen LogP contribution in [-0.4, -0.2) is 25.0 Å². The molecule has 1 saturated heterocycles. The number of carbonyl (C=O) groups excluding carboxylic acids is 1. The molecule has 1 amide bonds. The number of halogens is 1. The SMILES string of the molecule is CC1CNCCC1NC(=O)C1(C)CCCc2ccccc21.Cl. The van der Waals surface area contributed by atoms with Crippen molar-refractivity contribution in [2.24, 2.45) is 5.92 Å². The Morgan fingerprint density at radius 3 is 2.91 bits per heavy atom. The van der Waals surface area contributed by atoms with Crippen LogP contribution in [0.4, 0.5) is 0 Å². The first-order valence-electron chi connectivity index (χ1n) is 8.21. The minimum Gasteiger partial charge on any atom is -0.352 e. The lowest BCUT2D eigenvalue weighted by atomic mass is 9.70. The van der Waals surface area contributed by atoms with Crippen LogP contribution in [0.3, 0.4) is 0 Å². The molecule has 3 rings (SSSR count). The van der Waals surface area contributed by atoms with Crippen molar-refractivity contribution in [2.45, 2.75) is 51.0 Å². The van der Waals surface area contributed by atoms with Gasteiger partial charge >= 0.3 is 0 Å². The molecule has 4 heteroatoms. The topological polar surface area (TPSA) is 41.1 Å². The maximum Gasteiger partial charge on any atom is 0.230 e. The average molecular weight is 323 g/mol. The molecule has 2 N–H and O–H groups in total. The predicted molar refractivity (Wildman–Crippen MR) is 92.6 cm³/mol. The van der Waals surface area contributed by atoms with Crippen molar-refractivity contribution in [3.8, 4) is 0 Å². The number of benzene rings is 1. The second-order valence-corrected chi connectivity index (χ2v) is 6.89. The molecule has 0 saturated carbocycles. The molecule has 3 unspecified atom stereocenters. The van der Waals surface area contributed by atoms with Crippen molar-refractivity contribution in [1.29, 1.82) is 0 Å². The van der Waals surface area contributed by atoms with Gasteiger partial charge in [-0.05, 0) is 62.7 Å². The van der Waals surface area contributed by atoms with Gasteiger partial charge in [-0.2, -0.15) is 0 Å². The maximum atomic E-state index is 13.0. The number of fused-ring (bicyclic) bond motifs is 1. The number of nitrogens with one attached hydrogen (secondary N) is 2. The summed E-state index contributed by atoms with van der Waals surface area (Å²) in [6.07, 6.45) is 4.19. The van der Waals surface area contributed by atoms with Crippen molar-refractivity contribution in [3.63, 3.8) is 0 Å². The first kappa shape index (κ1) is 17.3. The smallest absolute Gasteiger partial charge is 0.230 e. The summed E-state index contributed by atoms with van der Waals surface area (Å²) in [5.41, 5.74) is 2.22. The molecule has 3 atom stereocenters. The summed E-state index contributed by atoms with van der Waals surface area (Å²) >= 11 is 0.